The average molecular weight is 681 g/mol. The van der Waals surface area contributed by atoms with E-state index in [-0.39, 0.29) is 43.3 Å². The molecule has 0 fully saturated rings. The van der Waals surface area contributed by atoms with Crippen molar-refractivity contribution in [3.63, 3.8) is 0 Å². The van der Waals surface area contributed by atoms with E-state index in [1.165, 1.54) is 12.1 Å². The van der Waals surface area contributed by atoms with Crippen LogP contribution in [0.1, 0.15) is 11.1 Å². The molecule has 0 unspecified atom stereocenters. The number of nitrogens with two attached hydrogens (primary N) is 2. The Bertz CT molecular complexity index is 2390. The molecule has 14 heteroatoms. The molecular weight excluding hydrogens is 653 g/mol. The van der Waals surface area contributed by atoms with Crippen LogP contribution in [0.25, 0.3) is 32.7 Å². The van der Waals surface area contributed by atoms with Crippen LogP contribution in [-0.4, -0.2) is 25.9 Å². The maximum Gasteiger partial charge on any atom is 0.295 e. The predicted octanol–water partition coefficient (Wildman–Crippen LogP) is 8.77. The summed E-state index contributed by atoms with van der Waals surface area (Å²) in [6, 6.07) is 26.4. The number of benzene rings is 6. The third-order valence-electron chi connectivity index (χ3n) is 7.87. The molecule has 0 bridgehead atoms. The third kappa shape index (κ3) is 6.24. The summed E-state index contributed by atoms with van der Waals surface area (Å²) in [4.78, 5) is -0.621. The van der Waals surface area contributed by atoms with Crippen molar-refractivity contribution in [2.45, 2.75) is 23.6 Å². The molecule has 6 N–H and O–H groups in total. The summed E-state index contributed by atoms with van der Waals surface area (Å²) in [7, 11) is -9.09. The fourth-order valence-electron chi connectivity index (χ4n) is 5.54. The molecule has 48 heavy (non-hydrogen) atoms. The smallest absolute Gasteiger partial charge is 0.295 e. The van der Waals surface area contributed by atoms with Gasteiger partial charge >= 0.3 is 0 Å². The minimum absolute atomic E-state index is 0.100. The molecule has 0 aromatic heterocycles. The van der Waals surface area contributed by atoms with Gasteiger partial charge in [0.15, 0.2) is 0 Å². The quantitative estimate of drug-likeness (QED) is 0.0725. The molecule has 0 spiro atoms. The van der Waals surface area contributed by atoms with Gasteiger partial charge in [-0.2, -0.15) is 27.1 Å². The lowest BCUT2D eigenvalue weighted by atomic mass is 9.96. The van der Waals surface area contributed by atoms with Crippen molar-refractivity contribution >= 4 is 75.9 Å². The first-order valence-electron chi connectivity index (χ1n) is 14.3. The van der Waals surface area contributed by atoms with Crippen molar-refractivity contribution in [3.8, 4) is 11.1 Å². The monoisotopic (exact) mass is 680 g/mol. The van der Waals surface area contributed by atoms with Crippen molar-refractivity contribution in [1.29, 1.82) is 0 Å². The Labute approximate surface area is 276 Å². The van der Waals surface area contributed by atoms with Gasteiger partial charge < -0.3 is 11.5 Å². The zero-order valence-electron chi connectivity index (χ0n) is 25.5. The Morgan fingerprint density at radius 1 is 0.500 bits per heavy atom. The van der Waals surface area contributed by atoms with Gasteiger partial charge in [-0.1, -0.05) is 60.7 Å². The SMILES string of the molecule is Cc1cc(N=Nc2cc(S(=O)(=O)O)c3ccccc3c2N)ccc1-c1ccc(N=Nc2cc(S(=O)(=O)O)c3ccccc3c2N)cc1C. The summed E-state index contributed by atoms with van der Waals surface area (Å²) >= 11 is 0. The van der Waals surface area contributed by atoms with Crippen LogP contribution >= 0.6 is 0 Å². The Morgan fingerprint density at radius 3 is 1.19 bits per heavy atom. The van der Waals surface area contributed by atoms with E-state index in [4.69, 9.17) is 11.5 Å². The van der Waals surface area contributed by atoms with E-state index in [2.05, 4.69) is 20.5 Å². The van der Waals surface area contributed by atoms with Crippen molar-refractivity contribution in [2.24, 2.45) is 20.5 Å². The Hall–Kier alpha value is -5.54. The van der Waals surface area contributed by atoms with Crippen molar-refractivity contribution in [3.05, 3.63) is 108 Å². The number of nitrogens with zero attached hydrogens (tertiary/aromatic N) is 4. The van der Waals surface area contributed by atoms with Crippen LogP contribution in [0.5, 0.6) is 0 Å². The third-order valence-corrected chi connectivity index (χ3v) is 9.65. The normalized spacial score (nSPS) is 12.5. The Kier molecular flexibility index (Phi) is 8.26. The number of anilines is 2. The zero-order valence-corrected chi connectivity index (χ0v) is 27.2. The van der Waals surface area contributed by atoms with Gasteiger partial charge in [-0.05, 0) is 72.5 Å². The number of azo groups is 2. The lowest BCUT2D eigenvalue weighted by molar-refractivity contribution is 0.482. The summed E-state index contributed by atoms with van der Waals surface area (Å²) in [5, 5.41) is 18.4. The van der Waals surface area contributed by atoms with Crippen molar-refractivity contribution in [2.75, 3.05) is 11.5 Å². The van der Waals surface area contributed by atoms with Gasteiger partial charge in [-0.25, -0.2) is 0 Å². The van der Waals surface area contributed by atoms with Gasteiger partial charge in [-0.3, -0.25) is 9.11 Å². The van der Waals surface area contributed by atoms with Crippen LogP contribution in [0.2, 0.25) is 0 Å². The van der Waals surface area contributed by atoms with Gasteiger partial charge in [0.05, 0.1) is 22.7 Å². The second-order valence-corrected chi connectivity index (χ2v) is 13.8. The van der Waals surface area contributed by atoms with E-state index in [0.29, 0.717) is 22.1 Å². The Morgan fingerprint density at radius 2 is 0.854 bits per heavy atom. The fourth-order valence-corrected chi connectivity index (χ4v) is 6.97. The largest absolute Gasteiger partial charge is 0.396 e. The molecule has 6 aromatic rings. The zero-order chi connectivity index (χ0) is 34.4. The maximum atomic E-state index is 12.1. The summed E-state index contributed by atoms with van der Waals surface area (Å²) in [6.07, 6.45) is 0. The first-order chi connectivity index (χ1) is 22.7. The summed E-state index contributed by atoms with van der Waals surface area (Å²) in [5.41, 5.74) is 17.8. The standard InChI is InChI=1S/C34H28N6O6S2/c1-19-15-21(37-39-29-17-31(47(41,42)43)25-7-3-5-9-27(25)33(29)35)11-13-23(19)24-14-12-22(16-20(24)2)38-40-30-18-32(48(44,45)46)26-8-4-6-10-28(26)34(30)36/h3-18H,35-36H2,1-2H3,(H,41,42,43)(H,44,45,46). The average Bonchev–Trinajstić information content (AvgIpc) is 3.03. The topological polar surface area (TPSA) is 210 Å². The molecule has 0 amide bonds. The molecule has 0 saturated heterocycles. The van der Waals surface area contributed by atoms with Crippen LogP contribution in [0, 0.1) is 13.8 Å². The first-order valence-corrected chi connectivity index (χ1v) is 17.2. The van der Waals surface area contributed by atoms with E-state index >= 15 is 0 Å². The van der Waals surface area contributed by atoms with Crippen LogP contribution < -0.4 is 11.5 Å². The minimum atomic E-state index is -4.54. The molecule has 0 saturated carbocycles. The van der Waals surface area contributed by atoms with Crippen LogP contribution in [0.3, 0.4) is 0 Å². The molecule has 0 heterocycles. The molecule has 12 nitrogen and oxygen atoms in total. The van der Waals surface area contributed by atoms with E-state index in [1.54, 1.807) is 60.7 Å². The summed E-state index contributed by atoms with van der Waals surface area (Å²) in [6.45, 7) is 3.83. The second-order valence-electron chi connectivity index (χ2n) is 11.1. The second kappa shape index (κ2) is 12.2. The molecular formula is C34H28N6O6S2. The fraction of sp³-hybridized carbons (Fsp3) is 0.0588. The van der Waals surface area contributed by atoms with Crippen LogP contribution in [-0.2, 0) is 20.2 Å². The molecule has 0 radical (unpaired) electrons. The number of hydrogen-bond acceptors (Lipinski definition) is 10. The first kappa shape index (κ1) is 32.4. The molecule has 242 valence electrons. The highest BCUT2D eigenvalue weighted by Gasteiger charge is 2.20. The molecule has 0 aliphatic carbocycles. The Balaban J connectivity index is 1.28. The highest BCUT2D eigenvalue weighted by Crippen LogP contribution is 2.39. The summed E-state index contributed by atoms with van der Waals surface area (Å²) < 4.78 is 67.8. The summed E-state index contributed by atoms with van der Waals surface area (Å²) in [5.74, 6) is 0. The maximum absolute atomic E-state index is 12.1. The van der Waals surface area contributed by atoms with Gasteiger partial charge in [0.2, 0.25) is 0 Å². The molecule has 0 atom stereocenters. The van der Waals surface area contributed by atoms with Gasteiger partial charge in [0.25, 0.3) is 20.2 Å². The number of fused-ring (bicyclic) bond motifs is 2. The number of rotatable bonds is 7. The lowest BCUT2D eigenvalue weighted by Crippen LogP contribution is -2.01. The van der Waals surface area contributed by atoms with E-state index in [1.807, 2.05) is 38.1 Å². The van der Waals surface area contributed by atoms with Gasteiger partial charge in [0.1, 0.15) is 21.2 Å². The van der Waals surface area contributed by atoms with Gasteiger partial charge in [0, 0.05) is 21.5 Å². The molecule has 6 rings (SSSR count). The highest BCUT2D eigenvalue weighted by atomic mass is 32.2. The predicted molar refractivity (Wildman–Crippen MR) is 186 cm³/mol. The molecule has 6 aromatic carbocycles. The number of nitrogen functional groups attached to an aromatic ring is 2. The van der Waals surface area contributed by atoms with Gasteiger partial charge in [-0.15, -0.1) is 10.2 Å². The molecule has 0 aliphatic heterocycles. The van der Waals surface area contributed by atoms with Crippen molar-refractivity contribution in [1.82, 2.24) is 0 Å². The highest BCUT2D eigenvalue weighted by molar-refractivity contribution is 7.86. The number of aryl methyl sites for hydroxylation is 2. The van der Waals surface area contributed by atoms with E-state index in [0.717, 1.165) is 22.3 Å². The van der Waals surface area contributed by atoms with E-state index < -0.39 is 20.2 Å². The minimum Gasteiger partial charge on any atom is -0.396 e. The van der Waals surface area contributed by atoms with Crippen LogP contribution in [0.4, 0.5) is 34.1 Å². The van der Waals surface area contributed by atoms with E-state index in [9.17, 15) is 25.9 Å². The van der Waals surface area contributed by atoms with Crippen molar-refractivity contribution < 1.29 is 25.9 Å². The lowest BCUT2D eigenvalue weighted by Gasteiger charge is -2.11. The number of hydrogen-bond donors (Lipinski definition) is 4. The molecule has 0 aliphatic rings. The van der Waals surface area contributed by atoms with Crippen LogP contribution in [0.15, 0.2) is 127 Å².